The first-order chi connectivity index (χ1) is 9.97. The van der Waals surface area contributed by atoms with Crippen molar-refractivity contribution >= 4 is 0 Å². The first-order valence-electron chi connectivity index (χ1n) is 7.08. The van der Waals surface area contributed by atoms with Crippen LogP contribution in [0.25, 0.3) is 11.4 Å². The second kappa shape index (κ2) is 5.18. The minimum atomic E-state index is -2.67. The van der Waals surface area contributed by atoms with Gasteiger partial charge in [0.15, 0.2) is 5.82 Å². The molecule has 1 aromatic heterocycles. The molecule has 0 fully saturated rings. The Bertz CT molecular complexity index is 628. The van der Waals surface area contributed by atoms with Crippen LogP contribution in [0.1, 0.15) is 24.7 Å². The summed E-state index contributed by atoms with van der Waals surface area (Å²) in [5.74, 6) is -2.08. The zero-order chi connectivity index (χ0) is 15.0. The smallest absolute Gasteiger partial charge is 0.248 e. The molecule has 112 valence electrons. The largest absolute Gasteiger partial charge is 0.326 e. The van der Waals surface area contributed by atoms with E-state index in [1.165, 1.54) is 0 Å². The van der Waals surface area contributed by atoms with Crippen molar-refractivity contribution in [3.05, 3.63) is 35.7 Å². The molecular formula is C15H18F2N4. The fraction of sp³-hybridized carbons (Fsp3) is 0.467. The number of aryl methyl sites for hydroxylation is 1. The summed E-state index contributed by atoms with van der Waals surface area (Å²) >= 11 is 0. The molecule has 0 aliphatic carbocycles. The summed E-state index contributed by atoms with van der Waals surface area (Å²) < 4.78 is 28.6. The second-order valence-corrected chi connectivity index (χ2v) is 5.62. The third-order valence-corrected chi connectivity index (χ3v) is 4.03. The van der Waals surface area contributed by atoms with Crippen LogP contribution < -0.4 is 5.73 Å². The highest BCUT2D eigenvalue weighted by molar-refractivity contribution is 5.55. The molecule has 3 rings (SSSR count). The van der Waals surface area contributed by atoms with Crippen LogP contribution in [0.2, 0.25) is 0 Å². The number of halogens is 2. The molecule has 1 unspecified atom stereocenters. The van der Waals surface area contributed by atoms with E-state index in [2.05, 4.69) is 10.1 Å². The molecule has 0 saturated heterocycles. The molecule has 2 N–H and O–H groups in total. The number of rotatable bonds is 3. The van der Waals surface area contributed by atoms with Crippen molar-refractivity contribution in [1.29, 1.82) is 0 Å². The maximum Gasteiger partial charge on any atom is 0.248 e. The van der Waals surface area contributed by atoms with E-state index in [0.717, 1.165) is 18.1 Å². The average Bonchev–Trinajstić information content (AvgIpc) is 2.89. The van der Waals surface area contributed by atoms with Crippen molar-refractivity contribution in [3.8, 4) is 11.4 Å². The van der Waals surface area contributed by atoms with E-state index in [1.807, 2.05) is 24.3 Å². The highest BCUT2D eigenvalue weighted by atomic mass is 19.3. The topological polar surface area (TPSA) is 56.7 Å². The number of aromatic nitrogens is 3. The number of nitrogens with two attached hydrogens (primary N) is 1. The van der Waals surface area contributed by atoms with E-state index in [4.69, 9.17) is 5.73 Å². The Kier molecular flexibility index (Phi) is 3.49. The van der Waals surface area contributed by atoms with E-state index >= 15 is 0 Å². The lowest BCUT2D eigenvalue weighted by Gasteiger charge is -2.26. The minimum Gasteiger partial charge on any atom is -0.326 e. The Labute approximate surface area is 122 Å². The van der Waals surface area contributed by atoms with Crippen molar-refractivity contribution < 1.29 is 8.78 Å². The highest BCUT2D eigenvalue weighted by Gasteiger charge is 2.37. The van der Waals surface area contributed by atoms with E-state index in [-0.39, 0.29) is 6.42 Å². The van der Waals surface area contributed by atoms with E-state index in [9.17, 15) is 8.78 Å². The molecule has 21 heavy (non-hydrogen) atoms. The van der Waals surface area contributed by atoms with Crippen LogP contribution in [0.3, 0.4) is 0 Å². The molecule has 0 spiro atoms. The first kappa shape index (κ1) is 14.1. The van der Waals surface area contributed by atoms with Gasteiger partial charge in [-0.25, -0.2) is 18.4 Å². The SMILES string of the molecule is CC(F)(F)C1CCn2nc(-c3ccc(CN)cc3)nc2C1. The number of hydrogen-bond donors (Lipinski definition) is 1. The summed E-state index contributed by atoms with van der Waals surface area (Å²) in [6.45, 7) is 1.97. The quantitative estimate of drug-likeness (QED) is 0.946. The molecule has 1 aliphatic rings. The van der Waals surface area contributed by atoms with Crippen LogP contribution >= 0.6 is 0 Å². The second-order valence-electron chi connectivity index (χ2n) is 5.62. The van der Waals surface area contributed by atoms with Crippen LogP contribution in [-0.4, -0.2) is 20.7 Å². The van der Waals surface area contributed by atoms with Crippen molar-refractivity contribution in [2.75, 3.05) is 0 Å². The number of alkyl halides is 2. The zero-order valence-corrected chi connectivity index (χ0v) is 11.9. The van der Waals surface area contributed by atoms with Gasteiger partial charge in [0.1, 0.15) is 5.82 Å². The Morgan fingerprint density at radius 2 is 2.05 bits per heavy atom. The van der Waals surface area contributed by atoms with Gasteiger partial charge in [-0.1, -0.05) is 24.3 Å². The molecule has 0 amide bonds. The molecule has 4 nitrogen and oxygen atoms in total. The Balaban J connectivity index is 1.86. The number of fused-ring (bicyclic) bond motifs is 1. The predicted molar refractivity (Wildman–Crippen MR) is 75.8 cm³/mol. The monoisotopic (exact) mass is 292 g/mol. The number of benzene rings is 1. The van der Waals surface area contributed by atoms with Crippen LogP contribution in [0.4, 0.5) is 8.78 Å². The first-order valence-corrected chi connectivity index (χ1v) is 7.08. The molecule has 0 bridgehead atoms. The van der Waals surface area contributed by atoms with Crippen molar-refractivity contribution in [3.63, 3.8) is 0 Å². The number of hydrogen-bond acceptors (Lipinski definition) is 3. The fourth-order valence-electron chi connectivity index (χ4n) is 2.65. The molecule has 2 heterocycles. The van der Waals surface area contributed by atoms with Gasteiger partial charge in [0.2, 0.25) is 5.92 Å². The zero-order valence-electron chi connectivity index (χ0n) is 11.9. The fourth-order valence-corrected chi connectivity index (χ4v) is 2.65. The normalized spacial score (nSPS) is 18.6. The van der Waals surface area contributed by atoms with Gasteiger partial charge in [0.25, 0.3) is 0 Å². The minimum absolute atomic E-state index is 0.275. The van der Waals surface area contributed by atoms with Crippen LogP contribution in [-0.2, 0) is 19.5 Å². The van der Waals surface area contributed by atoms with Crippen LogP contribution in [0.15, 0.2) is 24.3 Å². The van der Waals surface area contributed by atoms with Crippen LogP contribution in [0, 0.1) is 5.92 Å². The molecule has 1 atom stereocenters. The van der Waals surface area contributed by atoms with Crippen LogP contribution in [0.5, 0.6) is 0 Å². The summed E-state index contributed by atoms with van der Waals surface area (Å²) in [4.78, 5) is 4.43. The summed E-state index contributed by atoms with van der Waals surface area (Å²) in [7, 11) is 0. The summed E-state index contributed by atoms with van der Waals surface area (Å²) in [6.07, 6.45) is 0.711. The molecule has 0 saturated carbocycles. The van der Waals surface area contributed by atoms with Gasteiger partial charge in [0.05, 0.1) is 0 Å². The molecular weight excluding hydrogens is 274 g/mol. The van der Waals surface area contributed by atoms with Gasteiger partial charge in [-0.05, 0) is 18.9 Å². The van der Waals surface area contributed by atoms with Gasteiger partial charge in [-0.15, -0.1) is 0 Å². The van der Waals surface area contributed by atoms with Gasteiger partial charge in [0, 0.05) is 31.0 Å². The highest BCUT2D eigenvalue weighted by Crippen LogP contribution is 2.33. The molecule has 1 aromatic carbocycles. The number of nitrogens with zero attached hydrogens (tertiary/aromatic N) is 3. The molecule has 2 aromatic rings. The lowest BCUT2D eigenvalue weighted by atomic mass is 9.92. The van der Waals surface area contributed by atoms with Crippen molar-refractivity contribution in [2.24, 2.45) is 11.7 Å². The van der Waals surface area contributed by atoms with Gasteiger partial charge < -0.3 is 5.73 Å². The third-order valence-electron chi connectivity index (χ3n) is 4.03. The molecule has 6 heteroatoms. The molecule has 0 radical (unpaired) electrons. The van der Waals surface area contributed by atoms with E-state index in [1.54, 1.807) is 4.68 Å². The summed E-state index contributed by atoms with van der Waals surface area (Å²) in [6, 6.07) is 7.68. The lowest BCUT2D eigenvalue weighted by Crippen LogP contribution is -2.32. The summed E-state index contributed by atoms with van der Waals surface area (Å²) in [5, 5.41) is 4.42. The summed E-state index contributed by atoms with van der Waals surface area (Å²) in [5.41, 5.74) is 7.49. The average molecular weight is 292 g/mol. The maximum atomic E-state index is 13.4. The van der Waals surface area contributed by atoms with Crippen molar-refractivity contribution in [1.82, 2.24) is 14.8 Å². The van der Waals surface area contributed by atoms with Crippen molar-refractivity contribution in [2.45, 2.75) is 38.8 Å². The standard InChI is InChI=1S/C15H18F2N4/c1-15(16,17)12-6-7-21-13(8-12)19-14(20-21)11-4-2-10(9-18)3-5-11/h2-5,12H,6-9,18H2,1H3. The van der Waals surface area contributed by atoms with E-state index < -0.39 is 11.8 Å². The third kappa shape index (κ3) is 2.81. The lowest BCUT2D eigenvalue weighted by molar-refractivity contribution is -0.0495. The van der Waals surface area contributed by atoms with Gasteiger partial charge in [-0.3, -0.25) is 0 Å². The predicted octanol–water partition coefficient (Wildman–Crippen LogP) is 2.62. The van der Waals surface area contributed by atoms with E-state index in [0.29, 0.717) is 31.2 Å². The Morgan fingerprint density at radius 3 is 2.67 bits per heavy atom. The van der Waals surface area contributed by atoms with Gasteiger partial charge in [-0.2, -0.15) is 5.10 Å². The van der Waals surface area contributed by atoms with Gasteiger partial charge >= 0.3 is 0 Å². The Morgan fingerprint density at radius 1 is 1.33 bits per heavy atom. The Hall–Kier alpha value is -1.82. The molecule has 1 aliphatic heterocycles. The maximum absolute atomic E-state index is 13.4.